The molecule has 154 valence electrons. The van der Waals surface area contributed by atoms with Gasteiger partial charge < -0.3 is 9.80 Å². The molecule has 29 heavy (non-hydrogen) atoms. The Morgan fingerprint density at radius 1 is 1.17 bits per heavy atom. The van der Waals surface area contributed by atoms with Gasteiger partial charge in [0.25, 0.3) is 0 Å². The van der Waals surface area contributed by atoms with Crippen LogP contribution >= 0.6 is 11.3 Å². The van der Waals surface area contributed by atoms with Crippen molar-refractivity contribution in [2.24, 2.45) is 0 Å². The van der Waals surface area contributed by atoms with Crippen molar-refractivity contribution in [2.45, 2.75) is 64.5 Å². The monoisotopic (exact) mass is 410 g/mol. The molecule has 4 rings (SSSR count). The van der Waals surface area contributed by atoms with Crippen molar-refractivity contribution >= 4 is 23.2 Å². The Morgan fingerprint density at radius 3 is 2.62 bits per heavy atom. The predicted octanol–water partition coefficient (Wildman–Crippen LogP) is 4.71. The van der Waals surface area contributed by atoms with E-state index in [1.54, 1.807) is 11.3 Å². The molecule has 0 spiro atoms. The molecule has 1 saturated carbocycles. The molecule has 0 radical (unpaired) electrons. The highest BCUT2D eigenvalue weighted by Gasteiger charge is 2.37. The van der Waals surface area contributed by atoms with Crippen LogP contribution < -0.4 is 0 Å². The minimum atomic E-state index is -0.0510. The lowest BCUT2D eigenvalue weighted by molar-refractivity contribution is -0.142. The van der Waals surface area contributed by atoms with Crippen LogP contribution in [0.1, 0.15) is 66.6 Å². The minimum Gasteiger partial charge on any atom is -0.330 e. The van der Waals surface area contributed by atoms with Gasteiger partial charge in [0.1, 0.15) is 6.54 Å². The Morgan fingerprint density at radius 2 is 1.93 bits per heavy atom. The van der Waals surface area contributed by atoms with Gasteiger partial charge in [0.05, 0.1) is 6.04 Å². The van der Waals surface area contributed by atoms with Gasteiger partial charge in [-0.2, -0.15) is 0 Å². The first-order valence-electron chi connectivity index (χ1n) is 10.8. The topological polar surface area (TPSA) is 40.6 Å². The summed E-state index contributed by atoms with van der Waals surface area (Å²) < 4.78 is 0. The van der Waals surface area contributed by atoms with Gasteiger partial charge in [0.15, 0.2) is 0 Å². The van der Waals surface area contributed by atoms with E-state index in [9.17, 15) is 9.59 Å². The molecular weight excluding hydrogens is 380 g/mol. The van der Waals surface area contributed by atoms with Gasteiger partial charge in [-0.3, -0.25) is 9.59 Å². The highest BCUT2D eigenvalue weighted by molar-refractivity contribution is 7.10. The largest absolute Gasteiger partial charge is 0.330 e. The van der Waals surface area contributed by atoms with Crippen LogP contribution in [0.4, 0.5) is 0 Å². The number of nitrogens with zero attached hydrogens (tertiary/aromatic N) is 2. The van der Waals surface area contributed by atoms with Gasteiger partial charge in [-0.25, -0.2) is 0 Å². The number of aryl methyl sites for hydroxylation is 1. The van der Waals surface area contributed by atoms with Crippen LogP contribution in [0, 0.1) is 6.92 Å². The van der Waals surface area contributed by atoms with E-state index < -0.39 is 0 Å². The number of hydrogen-bond donors (Lipinski definition) is 0. The number of hydrogen-bond acceptors (Lipinski definition) is 3. The average molecular weight is 411 g/mol. The van der Waals surface area contributed by atoms with Gasteiger partial charge in [-0.15, -0.1) is 11.3 Å². The van der Waals surface area contributed by atoms with E-state index in [1.165, 1.54) is 16.0 Å². The molecule has 1 aromatic heterocycles. The first-order valence-corrected chi connectivity index (χ1v) is 11.7. The van der Waals surface area contributed by atoms with Crippen LogP contribution in [0.5, 0.6) is 0 Å². The average Bonchev–Trinajstić information content (AvgIpc) is 3.45. The Balaban J connectivity index is 1.57. The molecule has 2 heterocycles. The highest BCUT2D eigenvalue weighted by atomic mass is 32.1. The maximum atomic E-state index is 13.4. The molecule has 1 aromatic carbocycles. The molecule has 0 bridgehead atoms. The quantitative estimate of drug-likeness (QED) is 0.663. The molecule has 1 atom stereocenters. The first-order chi connectivity index (χ1) is 14.1. The van der Waals surface area contributed by atoms with Crippen molar-refractivity contribution in [1.82, 2.24) is 9.80 Å². The third kappa shape index (κ3) is 4.40. The Labute approximate surface area is 177 Å². The molecule has 1 aliphatic carbocycles. The summed E-state index contributed by atoms with van der Waals surface area (Å²) in [6, 6.07) is 10.9. The van der Waals surface area contributed by atoms with Gasteiger partial charge in [0.2, 0.25) is 11.8 Å². The summed E-state index contributed by atoms with van der Waals surface area (Å²) in [6.07, 6.45) is 5.40. The molecule has 1 fully saturated rings. The SMILES string of the molecule is CCCCC(=O)N(CC(=O)N1CCc2sccc2C1c1ccc(C)cc1)C1CC1. The number of unbranched alkanes of at least 4 members (excludes halogenated alkanes) is 1. The molecule has 2 aromatic rings. The number of carbonyl (C=O) groups is 2. The summed E-state index contributed by atoms with van der Waals surface area (Å²) in [4.78, 5) is 31.4. The van der Waals surface area contributed by atoms with Gasteiger partial charge in [-0.1, -0.05) is 43.2 Å². The van der Waals surface area contributed by atoms with Crippen molar-refractivity contribution in [3.8, 4) is 0 Å². The second kappa shape index (κ2) is 8.70. The van der Waals surface area contributed by atoms with Crippen LogP contribution in [0.15, 0.2) is 35.7 Å². The second-order valence-electron chi connectivity index (χ2n) is 8.31. The van der Waals surface area contributed by atoms with E-state index in [0.29, 0.717) is 13.0 Å². The van der Waals surface area contributed by atoms with E-state index in [-0.39, 0.29) is 30.4 Å². The minimum absolute atomic E-state index is 0.0510. The Kier molecular flexibility index (Phi) is 6.04. The number of benzene rings is 1. The molecular formula is C24H30N2O2S. The van der Waals surface area contributed by atoms with Gasteiger partial charge >= 0.3 is 0 Å². The van der Waals surface area contributed by atoms with Crippen LogP contribution in [0.2, 0.25) is 0 Å². The molecule has 2 aliphatic rings. The molecule has 0 N–H and O–H groups in total. The summed E-state index contributed by atoms with van der Waals surface area (Å²) in [5.41, 5.74) is 3.61. The molecule has 0 saturated heterocycles. The number of amides is 2. The number of rotatable bonds is 7. The standard InChI is InChI=1S/C24H30N2O2S/c1-3-4-5-22(27)26(19-10-11-19)16-23(28)25-14-12-21-20(13-15-29-21)24(25)18-8-6-17(2)7-9-18/h6-9,13,15,19,24H,3-5,10-12,14,16H2,1-2H3. The maximum Gasteiger partial charge on any atom is 0.243 e. The lowest BCUT2D eigenvalue weighted by atomic mass is 9.92. The van der Waals surface area contributed by atoms with E-state index in [1.807, 2.05) is 9.80 Å². The normalized spacial score (nSPS) is 18.4. The lowest BCUT2D eigenvalue weighted by Gasteiger charge is -2.37. The third-order valence-corrected chi connectivity index (χ3v) is 7.03. The number of fused-ring (bicyclic) bond motifs is 1. The predicted molar refractivity (Wildman–Crippen MR) is 117 cm³/mol. The Hall–Kier alpha value is -2.14. The number of carbonyl (C=O) groups excluding carboxylic acids is 2. The van der Waals surface area contributed by atoms with E-state index in [0.717, 1.165) is 37.7 Å². The highest BCUT2D eigenvalue weighted by Crippen LogP contribution is 2.38. The summed E-state index contributed by atoms with van der Waals surface area (Å²) in [7, 11) is 0. The van der Waals surface area contributed by atoms with Crippen LogP contribution in [0.3, 0.4) is 0 Å². The van der Waals surface area contributed by atoms with Crippen molar-refractivity contribution in [3.63, 3.8) is 0 Å². The summed E-state index contributed by atoms with van der Waals surface area (Å²) in [5, 5.41) is 2.13. The summed E-state index contributed by atoms with van der Waals surface area (Å²) in [6.45, 7) is 5.11. The smallest absolute Gasteiger partial charge is 0.243 e. The van der Waals surface area contributed by atoms with Crippen molar-refractivity contribution in [2.75, 3.05) is 13.1 Å². The third-order valence-electron chi connectivity index (χ3n) is 6.04. The van der Waals surface area contributed by atoms with E-state index in [4.69, 9.17) is 0 Å². The van der Waals surface area contributed by atoms with Gasteiger partial charge in [-0.05, 0) is 55.2 Å². The fourth-order valence-electron chi connectivity index (χ4n) is 4.21. The van der Waals surface area contributed by atoms with Crippen molar-refractivity contribution in [3.05, 3.63) is 57.3 Å². The van der Waals surface area contributed by atoms with Crippen molar-refractivity contribution < 1.29 is 9.59 Å². The summed E-state index contributed by atoms with van der Waals surface area (Å²) >= 11 is 1.78. The zero-order valence-electron chi connectivity index (χ0n) is 17.4. The van der Waals surface area contributed by atoms with E-state index >= 15 is 0 Å². The first kappa shape index (κ1) is 20.1. The van der Waals surface area contributed by atoms with Crippen LogP contribution in [0.25, 0.3) is 0 Å². The fourth-order valence-corrected chi connectivity index (χ4v) is 5.11. The maximum absolute atomic E-state index is 13.4. The Bertz CT molecular complexity index is 869. The molecule has 4 nitrogen and oxygen atoms in total. The second-order valence-corrected chi connectivity index (χ2v) is 9.31. The molecule has 5 heteroatoms. The van der Waals surface area contributed by atoms with Crippen LogP contribution in [-0.2, 0) is 16.0 Å². The fraction of sp³-hybridized carbons (Fsp3) is 0.500. The molecule has 1 aliphatic heterocycles. The summed E-state index contributed by atoms with van der Waals surface area (Å²) in [5.74, 6) is 0.215. The molecule has 1 unspecified atom stereocenters. The zero-order valence-corrected chi connectivity index (χ0v) is 18.2. The molecule has 2 amide bonds. The van der Waals surface area contributed by atoms with Gasteiger partial charge in [0, 0.05) is 23.9 Å². The van der Waals surface area contributed by atoms with Crippen LogP contribution in [-0.4, -0.2) is 40.7 Å². The zero-order chi connectivity index (χ0) is 20.4. The number of thiophene rings is 1. The van der Waals surface area contributed by atoms with Crippen molar-refractivity contribution in [1.29, 1.82) is 0 Å². The lowest BCUT2D eigenvalue weighted by Crippen LogP contribution is -2.47. The van der Waals surface area contributed by atoms with E-state index in [2.05, 4.69) is 49.6 Å².